The Hall–Kier alpha value is -3.65. The van der Waals surface area contributed by atoms with Gasteiger partial charge in [0.05, 0.1) is 6.42 Å². The van der Waals surface area contributed by atoms with Crippen LogP contribution in [-0.2, 0) is 14.3 Å². The molecule has 0 aliphatic heterocycles. The van der Waals surface area contributed by atoms with Crippen LogP contribution in [0.1, 0.15) is 41.4 Å². The highest BCUT2D eigenvalue weighted by Crippen LogP contribution is 2.44. The minimum Gasteiger partial charge on any atom is -0.481 e. The highest BCUT2D eigenvalue weighted by Gasteiger charge is 2.29. The first-order chi connectivity index (χ1) is 16.4. The van der Waals surface area contributed by atoms with Crippen LogP contribution in [0.5, 0.6) is 0 Å². The molecular weight excluding hydrogens is 500 g/mol. The normalized spacial score (nSPS) is 12.9. The van der Waals surface area contributed by atoms with Crippen molar-refractivity contribution in [2.24, 2.45) is 0 Å². The summed E-state index contributed by atoms with van der Waals surface area (Å²) in [6.07, 6.45) is -1.09. The van der Waals surface area contributed by atoms with Crippen LogP contribution in [0.2, 0.25) is 0 Å². The molecule has 174 valence electrons. The van der Waals surface area contributed by atoms with E-state index in [1.807, 2.05) is 48.5 Å². The van der Waals surface area contributed by atoms with Gasteiger partial charge in [0.15, 0.2) is 0 Å². The quantitative estimate of drug-likeness (QED) is 0.380. The van der Waals surface area contributed by atoms with E-state index in [-0.39, 0.29) is 25.4 Å². The summed E-state index contributed by atoms with van der Waals surface area (Å²) >= 11 is 3.34. The number of benzene rings is 3. The Morgan fingerprint density at radius 1 is 0.853 bits per heavy atom. The Morgan fingerprint density at radius 3 is 2.03 bits per heavy atom. The van der Waals surface area contributed by atoms with Crippen molar-refractivity contribution in [3.05, 3.63) is 94.0 Å². The van der Waals surface area contributed by atoms with E-state index >= 15 is 0 Å². The summed E-state index contributed by atoms with van der Waals surface area (Å²) in [4.78, 5) is 35.9. The van der Waals surface area contributed by atoms with Gasteiger partial charge in [-0.3, -0.25) is 15.0 Å². The van der Waals surface area contributed by atoms with Gasteiger partial charge in [0.1, 0.15) is 6.61 Å². The summed E-state index contributed by atoms with van der Waals surface area (Å²) < 4.78 is 6.25. The number of halogens is 1. The van der Waals surface area contributed by atoms with Crippen molar-refractivity contribution < 1.29 is 24.2 Å². The molecular formula is C26H23BrN2O5. The number of ether oxygens (including phenoxy) is 1. The maximum absolute atomic E-state index is 12.4. The fourth-order valence-corrected chi connectivity index (χ4v) is 4.55. The molecule has 0 fully saturated rings. The first kappa shape index (κ1) is 23.5. The third-order valence-electron chi connectivity index (χ3n) is 5.84. The lowest BCUT2D eigenvalue weighted by molar-refractivity contribution is -0.137. The molecule has 1 atom stereocenters. The van der Waals surface area contributed by atoms with Gasteiger partial charge in [-0.05, 0) is 39.9 Å². The molecule has 1 unspecified atom stereocenters. The van der Waals surface area contributed by atoms with Gasteiger partial charge < -0.3 is 9.84 Å². The van der Waals surface area contributed by atoms with Crippen LogP contribution in [0.15, 0.2) is 77.3 Å². The fraction of sp³-hybridized carbons (Fsp3) is 0.192. The Bertz CT molecular complexity index is 1170. The number of hydrogen-bond donors (Lipinski definition) is 3. The molecule has 0 saturated carbocycles. The van der Waals surface area contributed by atoms with Crippen molar-refractivity contribution in [1.82, 2.24) is 10.9 Å². The van der Waals surface area contributed by atoms with Crippen molar-refractivity contribution in [3.63, 3.8) is 0 Å². The summed E-state index contributed by atoms with van der Waals surface area (Å²) in [5.41, 5.74) is 9.72. The first-order valence-corrected chi connectivity index (χ1v) is 11.6. The third-order valence-corrected chi connectivity index (χ3v) is 6.37. The van der Waals surface area contributed by atoms with Crippen molar-refractivity contribution in [2.75, 3.05) is 6.61 Å². The minimum atomic E-state index is -1.01. The van der Waals surface area contributed by atoms with E-state index in [0.29, 0.717) is 0 Å². The van der Waals surface area contributed by atoms with E-state index in [1.165, 1.54) is 0 Å². The second-order valence-electron chi connectivity index (χ2n) is 8.05. The smallest absolute Gasteiger partial charge is 0.426 e. The molecule has 0 aromatic heterocycles. The molecule has 0 heterocycles. The minimum absolute atomic E-state index is 0.0915. The molecule has 3 N–H and O–H groups in total. The number of hydrogen-bond acceptors (Lipinski definition) is 4. The van der Waals surface area contributed by atoms with Crippen LogP contribution in [-0.4, -0.2) is 29.7 Å². The molecule has 0 spiro atoms. The topological polar surface area (TPSA) is 105 Å². The molecule has 0 bridgehead atoms. The SMILES string of the molecule is O=C(O)CC(CC(=O)NNC(=O)OCC1c2ccccc2-c2ccccc21)c1ccc(Br)cc1. The average molecular weight is 523 g/mol. The van der Waals surface area contributed by atoms with Gasteiger partial charge in [0.2, 0.25) is 5.91 Å². The number of carbonyl (C=O) groups excluding carboxylic acids is 2. The van der Waals surface area contributed by atoms with Gasteiger partial charge in [-0.1, -0.05) is 76.6 Å². The number of hydrazine groups is 1. The van der Waals surface area contributed by atoms with E-state index in [2.05, 4.69) is 26.8 Å². The zero-order valence-electron chi connectivity index (χ0n) is 18.2. The lowest BCUT2D eigenvalue weighted by atomic mass is 9.92. The first-order valence-electron chi connectivity index (χ1n) is 10.8. The van der Waals surface area contributed by atoms with Crippen LogP contribution in [0.4, 0.5) is 4.79 Å². The predicted molar refractivity (Wildman–Crippen MR) is 130 cm³/mol. The van der Waals surface area contributed by atoms with Gasteiger partial charge in [-0.2, -0.15) is 0 Å². The van der Waals surface area contributed by atoms with Crippen LogP contribution >= 0.6 is 15.9 Å². The molecule has 8 heteroatoms. The molecule has 1 aliphatic carbocycles. The molecule has 0 saturated heterocycles. The highest BCUT2D eigenvalue weighted by molar-refractivity contribution is 9.10. The standard InChI is InChI=1S/C26H23BrN2O5/c27-18-11-9-16(10-12-18)17(14-25(31)32)13-24(30)28-29-26(33)34-15-23-21-7-3-1-5-19(21)20-6-2-4-8-22(20)23/h1-12,17,23H,13-15H2,(H,28,30)(H,29,33)(H,31,32). The average Bonchev–Trinajstić information content (AvgIpc) is 3.15. The molecule has 4 rings (SSSR count). The van der Waals surface area contributed by atoms with Gasteiger partial charge in [-0.25, -0.2) is 10.2 Å². The number of aliphatic carboxylic acids is 1. The zero-order chi connectivity index (χ0) is 24.1. The van der Waals surface area contributed by atoms with E-state index in [9.17, 15) is 19.5 Å². The second kappa shape index (κ2) is 10.5. The molecule has 0 radical (unpaired) electrons. The molecule has 2 amide bonds. The summed E-state index contributed by atoms with van der Waals surface area (Å²) in [7, 11) is 0. The van der Waals surface area contributed by atoms with Gasteiger partial charge in [0.25, 0.3) is 0 Å². The van der Waals surface area contributed by atoms with Gasteiger partial charge in [-0.15, -0.1) is 0 Å². The monoisotopic (exact) mass is 522 g/mol. The maximum atomic E-state index is 12.4. The number of carboxylic acid groups (broad SMARTS) is 1. The molecule has 1 aliphatic rings. The van der Waals surface area contributed by atoms with Crippen molar-refractivity contribution in [2.45, 2.75) is 24.7 Å². The molecule has 7 nitrogen and oxygen atoms in total. The lowest BCUT2D eigenvalue weighted by Crippen LogP contribution is -2.42. The predicted octanol–water partition coefficient (Wildman–Crippen LogP) is 4.97. The third kappa shape index (κ3) is 5.46. The Morgan fingerprint density at radius 2 is 1.44 bits per heavy atom. The van der Waals surface area contributed by atoms with E-state index < -0.39 is 23.9 Å². The maximum Gasteiger partial charge on any atom is 0.426 e. The summed E-state index contributed by atoms with van der Waals surface area (Å²) in [6, 6.07) is 23.1. The molecule has 34 heavy (non-hydrogen) atoms. The summed E-state index contributed by atoms with van der Waals surface area (Å²) in [5, 5.41) is 9.21. The van der Waals surface area contributed by atoms with E-state index in [0.717, 1.165) is 32.3 Å². The number of fused-ring (bicyclic) bond motifs is 3. The lowest BCUT2D eigenvalue weighted by Gasteiger charge is -2.17. The van der Waals surface area contributed by atoms with Crippen molar-refractivity contribution in [3.8, 4) is 11.1 Å². The highest BCUT2D eigenvalue weighted by atomic mass is 79.9. The molecule has 3 aromatic carbocycles. The van der Waals surface area contributed by atoms with Crippen molar-refractivity contribution in [1.29, 1.82) is 0 Å². The second-order valence-corrected chi connectivity index (χ2v) is 8.96. The fourth-order valence-electron chi connectivity index (χ4n) is 4.28. The largest absolute Gasteiger partial charge is 0.481 e. The number of rotatable bonds is 7. The number of carbonyl (C=O) groups is 3. The Kier molecular flexibility index (Phi) is 7.27. The van der Waals surface area contributed by atoms with Crippen LogP contribution in [0, 0.1) is 0 Å². The van der Waals surface area contributed by atoms with Crippen molar-refractivity contribution >= 4 is 33.9 Å². The zero-order valence-corrected chi connectivity index (χ0v) is 19.7. The summed E-state index contributed by atoms with van der Waals surface area (Å²) in [5.74, 6) is -2.14. The summed E-state index contributed by atoms with van der Waals surface area (Å²) in [6.45, 7) is 0.121. The Labute approximate surface area is 205 Å². The van der Waals surface area contributed by atoms with Crippen LogP contribution in [0.3, 0.4) is 0 Å². The molecule has 3 aromatic rings. The van der Waals surface area contributed by atoms with E-state index in [4.69, 9.17) is 4.74 Å². The number of nitrogens with one attached hydrogen (secondary N) is 2. The Balaban J connectivity index is 1.32. The van der Waals surface area contributed by atoms with Gasteiger partial charge in [0, 0.05) is 22.7 Å². The van der Waals surface area contributed by atoms with Crippen LogP contribution < -0.4 is 10.9 Å². The van der Waals surface area contributed by atoms with Crippen LogP contribution in [0.25, 0.3) is 11.1 Å². The number of carboxylic acids is 1. The number of amides is 2. The van der Waals surface area contributed by atoms with Gasteiger partial charge >= 0.3 is 12.1 Å². The van der Waals surface area contributed by atoms with E-state index in [1.54, 1.807) is 24.3 Å².